The Morgan fingerprint density at radius 2 is 1.79 bits per heavy atom. The van der Waals surface area contributed by atoms with Crippen LogP contribution in [0.15, 0.2) is 30.3 Å². The number of hydrogen-bond donors (Lipinski definition) is 1. The highest BCUT2D eigenvalue weighted by Crippen LogP contribution is 2.49. The van der Waals surface area contributed by atoms with Crippen LogP contribution in [0.2, 0.25) is 0 Å². The Hall–Kier alpha value is -0.630. The molecule has 0 radical (unpaired) electrons. The molecule has 0 aliphatic carbocycles. The van der Waals surface area contributed by atoms with Crippen molar-refractivity contribution in [1.82, 2.24) is 4.90 Å². The summed E-state index contributed by atoms with van der Waals surface area (Å²) < 4.78 is 13.2. The van der Waals surface area contributed by atoms with Crippen LogP contribution in [-0.2, 0) is 4.57 Å². The van der Waals surface area contributed by atoms with E-state index in [0.29, 0.717) is 12.1 Å². The Morgan fingerprint density at radius 3 is 2.32 bits per heavy atom. The quantitative estimate of drug-likeness (QED) is 0.860. The second kappa shape index (κ2) is 6.21. The fraction of sp³-hybridized carbons (Fsp3) is 0.600. The lowest BCUT2D eigenvalue weighted by molar-refractivity contribution is 0.151. The van der Waals surface area contributed by atoms with Crippen molar-refractivity contribution in [3.63, 3.8) is 0 Å². The molecule has 0 amide bonds. The van der Waals surface area contributed by atoms with Gasteiger partial charge < -0.3 is 9.67 Å². The van der Waals surface area contributed by atoms with Crippen molar-refractivity contribution in [3.8, 4) is 0 Å². The molecule has 1 aromatic carbocycles. The topological polar surface area (TPSA) is 40.5 Å². The van der Waals surface area contributed by atoms with E-state index in [0.717, 1.165) is 30.6 Å². The van der Waals surface area contributed by atoms with E-state index in [1.165, 1.54) is 0 Å². The van der Waals surface area contributed by atoms with Crippen molar-refractivity contribution < 1.29 is 9.67 Å². The average molecular weight is 281 g/mol. The minimum atomic E-state index is -2.25. The molecule has 2 unspecified atom stereocenters. The van der Waals surface area contributed by atoms with Crippen LogP contribution in [0, 0.1) is 0 Å². The monoisotopic (exact) mass is 281 g/mol. The molecule has 1 N–H and O–H groups in total. The van der Waals surface area contributed by atoms with E-state index in [-0.39, 0.29) is 6.61 Å². The molecule has 0 bridgehead atoms. The van der Waals surface area contributed by atoms with Crippen LogP contribution in [0.3, 0.4) is 0 Å². The van der Waals surface area contributed by atoms with E-state index in [1.54, 1.807) is 0 Å². The number of aliphatic hydroxyl groups excluding tert-OH is 1. The SMILES string of the molecule is CC1CP(=O)(c2ccccc2)CC(C)N1CCCO. The lowest BCUT2D eigenvalue weighted by Crippen LogP contribution is -2.49. The molecule has 19 heavy (non-hydrogen) atoms. The van der Waals surface area contributed by atoms with Gasteiger partial charge in [-0.05, 0) is 20.3 Å². The van der Waals surface area contributed by atoms with Gasteiger partial charge in [-0.1, -0.05) is 30.3 Å². The summed E-state index contributed by atoms with van der Waals surface area (Å²) in [7, 11) is -2.25. The third-order valence-corrected chi connectivity index (χ3v) is 7.53. The predicted octanol–water partition coefficient (Wildman–Crippen LogP) is 2.15. The Kier molecular flexibility index (Phi) is 4.83. The van der Waals surface area contributed by atoms with Crippen molar-refractivity contribution >= 4 is 12.4 Å². The Bertz CT molecular complexity index is 433. The minimum Gasteiger partial charge on any atom is -0.396 e. The van der Waals surface area contributed by atoms with Crippen molar-refractivity contribution in [1.29, 1.82) is 0 Å². The van der Waals surface area contributed by atoms with Gasteiger partial charge in [0.05, 0.1) is 0 Å². The van der Waals surface area contributed by atoms with Gasteiger partial charge in [0, 0.05) is 42.9 Å². The summed E-state index contributed by atoms with van der Waals surface area (Å²) in [6.07, 6.45) is 2.31. The fourth-order valence-corrected chi connectivity index (χ4v) is 6.59. The third kappa shape index (κ3) is 3.28. The average Bonchev–Trinajstić information content (AvgIpc) is 2.39. The van der Waals surface area contributed by atoms with Crippen LogP contribution in [0.25, 0.3) is 0 Å². The molecule has 0 aromatic heterocycles. The maximum absolute atomic E-state index is 13.2. The summed E-state index contributed by atoms with van der Waals surface area (Å²) >= 11 is 0. The molecule has 1 fully saturated rings. The van der Waals surface area contributed by atoms with E-state index in [4.69, 9.17) is 5.11 Å². The van der Waals surface area contributed by atoms with Crippen molar-refractivity contribution in [2.75, 3.05) is 25.5 Å². The van der Waals surface area contributed by atoms with Crippen LogP contribution in [0.5, 0.6) is 0 Å². The van der Waals surface area contributed by atoms with Crippen LogP contribution in [0.1, 0.15) is 20.3 Å². The highest BCUT2D eigenvalue weighted by Gasteiger charge is 2.38. The molecule has 1 aliphatic heterocycles. The van der Waals surface area contributed by atoms with Crippen LogP contribution < -0.4 is 5.30 Å². The zero-order chi connectivity index (χ0) is 13.9. The van der Waals surface area contributed by atoms with Crippen LogP contribution in [-0.4, -0.2) is 47.6 Å². The Balaban J connectivity index is 2.14. The molecular weight excluding hydrogens is 257 g/mol. The van der Waals surface area contributed by atoms with E-state index in [9.17, 15) is 4.57 Å². The lowest BCUT2D eigenvalue weighted by atomic mass is 10.2. The molecule has 1 aromatic rings. The molecule has 3 nitrogen and oxygen atoms in total. The first-order valence-electron chi connectivity index (χ1n) is 7.07. The second-order valence-electron chi connectivity index (χ2n) is 5.60. The van der Waals surface area contributed by atoms with Gasteiger partial charge in [-0.3, -0.25) is 4.90 Å². The summed E-state index contributed by atoms with van der Waals surface area (Å²) in [5.74, 6) is 0. The molecule has 1 heterocycles. The van der Waals surface area contributed by atoms with Crippen molar-refractivity contribution in [2.45, 2.75) is 32.4 Å². The van der Waals surface area contributed by atoms with Gasteiger partial charge in [-0.25, -0.2) is 0 Å². The summed E-state index contributed by atoms with van der Waals surface area (Å²) in [6.45, 7) is 5.44. The number of aliphatic hydroxyl groups is 1. The number of benzene rings is 1. The molecule has 0 saturated carbocycles. The van der Waals surface area contributed by atoms with Gasteiger partial charge in [0.1, 0.15) is 7.14 Å². The van der Waals surface area contributed by atoms with Gasteiger partial charge >= 0.3 is 0 Å². The molecule has 0 spiro atoms. The van der Waals surface area contributed by atoms with Crippen molar-refractivity contribution in [3.05, 3.63) is 30.3 Å². The van der Waals surface area contributed by atoms with Gasteiger partial charge in [-0.2, -0.15) is 0 Å². The second-order valence-corrected chi connectivity index (χ2v) is 8.63. The number of nitrogens with zero attached hydrogens (tertiary/aromatic N) is 1. The molecule has 1 saturated heterocycles. The number of rotatable bonds is 4. The molecule has 1 aliphatic rings. The first kappa shape index (κ1) is 14.8. The highest BCUT2D eigenvalue weighted by atomic mass is 31.2. The molecule has 2 rings (SSSR count). The van der Waals surface area contributed by atoms with Crippen LogP contribution in [0.4, 0.5) is 0 Å². The van der Waals surface area contributed by atoms with Gasteiger partial charge in [-0.15, -0.1) is 0 Å². The predicted molar refractivity (Wildman–Crippen MR) is 80.7 cm³/mol. The van der Waals surface area contributed by atoms with Gasteiger partial charge in [0.15, 0.2) is 0 Å². The Labute approximate surface area is 116 Å². The smallest absolute Gasteiger partial charge is 0.118 e. The normalized spacial score (nSPS) is 32.4. The van der Waals surface area contributed by atoms with E-state index >= 15 is 0 Å². The zero-order valence-corrected chi connectivity index (χ0v) is 12.7. The molecule has 4 heteroatoms. The highest BCUT2D eigenvalue weighted by molar-refractivity contribution is 7.71. The molecule has 106 valence electrons. The number of hydrogen-bond acceptors (Lipinski definition) is 3. The van der Waals surface area contributed by atoms with E-state index in [1.807, 2.05) is 30.3 Å². The summed E-state index contributed by atoms with van der Waals surface area (Å²) in [6, 6.07) is 10.6. The maximum atomic E-state index is 13.2. The fourth-order valence-electron chi connectivity index (χ4n) is 3.18. The maximum Gasteiger partial charge on any atom is 0.118 e. The standard InChI is InChI=1S/C15H24NO2P/c1-13-11-19(18,15-7-4-3-5-8-15)12-14(2)16(13)9-6-10-17/h3-5,7-8,13-14,17H,6,9-12H2,1-2H3. The summed E-state index contributed by atoms with van der Waals surface area (Å²) in [5.41, 5.74) is 0. The largest absolute Gasteiger partial charge is 0.396 e. The van der Waals surface area contributed by atoms with E-state index in [2.05, 4.69) is 18.7 Å². The first-order chi connectivity index (χ1) is 9.07. The Morgan fingerprint density at radius 1 is 1.21 bits per heavy atom. The van der Waals surface area contributed by atoms with Gasteiger partial charge in [0.25, 0.3) is 0 Å². The summed E-state index contributed by atoms with van der Waals surface area (Å²) in [5, 5.41) is 9.99. The first-order valence-corrected chi connectivity index (χ1v) is 9.15. The molecular formula is C15H24NO2P. The van der Waals surface area contributed by atoms with E-state index < -0.39 is 7.14 Å². The minimum absolute atomic E-state index is 0.228. The lowest BCUT2D eigenvalue weighted by Gasteiger charge is -2.42. The zero-order valence-electron chi connectivity index (χ0n) is 11.8. The summed E-state index contributed by atoms with van der Waals surface area (Å²) in [4.78, 5) is 2.38. The van der Waals surface area contributed by atoms with Crippen LogP contribution >= 0.6 is 7.14 Å². The molecule has 2 atom stereocenters. The third-order valence-electron chi connectivity index (χ3n) is 4.05. The van der Waals surface area contributed by atoms with Gasteiger partial charge in [0.2, 0.25) is 0 Å². The van der Waals surface area contributed by atoms with Crippen molar-refractivity contribution in [2.24, 2.45) is 0 Å².